The van der Waals surface area contributed by atoms with E-state index in [0.29, 0.717) is 50.4 Å². The Bertz CT molecular complexity index is 1670. The number of aromatic nitrogens is 2. The smallest absolute Gasteiger partial charge is 0.159 e. The zero-order valence-electron chi connectivity index (χ0n) is 25.5. The fourth-order valence-electron chi connectivity index (χ4n) is 5.54. The van der Waals surface area contributed by atoms with Crippen molar-refractivity contribution in [2.45, 2.75) is 26.2 Å². The first-order valence-electron chi connectivity index (χ1n) is 14.6. The van der Waals surface area contributed by atoms with Crippen LogP contribution in [-0.2, 0) is 11.2 Å². The number of rotatable bonds is 11. The number of allylic oxidation sites excluding steroid dienone is 1. The lowest BCUT2D eigenvalue weighted by Gasteiger charge is -2.29. The van der Waals surface area contributed by atoms with Crippen LogP contribution in [0.25, 0.3) is 22.0 Å². The summed E-state index contributed by atoms with van der Waals surface area (Å²) in [6, 6.07) is 11.4. The van der Waals surface area contributed by atoms with Crippen LogP contribution in [0.2, 0.25) is 10.0 Å². The van der Waals surface area contributed by atoms with E-state index < -0.39 is 0 Å². The number of halogens is 2. The van der Waals surface area contributed by atoms with Crippen LogP contribution in [0, 0.1) is 12.8 Å². The third-order valence-corrected chi connectivity index (χ3v) is 8.90. The molecule has 8 nitrogen and oxygen atoms in total. The van der Waals surface area contributed by atoms with Gasteiger partial charge >= 0.3 is 0 Å². The van der Waals surface area contributed by atoms with Gasteiger partial charge in [0.05, 0.1) is 30.0 Å². The lowest BCUT2D eigenvalue weighted by atomic mass is 9.97. The minimum atomic E-state index is -0.0475. The van der Waals surface area contributed by atoms with Crippen LogP contribution < -0.4 is 20.1 Å². The predicted octanol–water partition coefficient (Wildman–Crippen LogP) is 7.72. The topological polar surface area (TPSA) is 88.6 Å². The maximum absolute atomic E-state index is 12.2. The van der Waals surface area contributed by atoms with E-state index in [1.54, 1.807) is 26.5 Å². The number of ether oxygens (including phenoxy) is 2. The van der Waals surface area contributed by atoms with Gasteiger partial charge in [0.1, 0.15) is 23.1 Å². The summed E-state index contributed by atoms with van der Waals surface area (Å²) in [7, 11) is 5.26. The van der Waals surface area contributed by atoms with Crippen LogP contribution in [0.1, 0.15) is 24.0 Å². The van der Waals surface area contributed by atoms with Gasteiger partial charge in [-0.1, -0.05) is 48.0 Å². The van der Waals surface area contributed by atoms with Crippen molar-refractivity contribution in [3.63, 3.8) is 0 Å². The van der Waals surface area contributed by atoms with Gasteiger partial charge in [0.25, 0.3) is 0 Å². The van der Waals surface area contributed by atoms with E-state index in [4.69, 9.17) is 42.6 Å². The molecule has 230 valence electrons. The third-order valence-electron chi connectivity index (χ3n) is 8.15. The Morgan fingerprint density at radius 3 is 2.48 bits per heavy atom. The second-order valence-electron chi connectivity index (χ2n) is 11.1. The summed E-state index contributed by atoms with van der Waals surface area (Å²) in [6.45, 7) is 8.54. The third kappa shape index (κ3) is 6.78. The number of methoxy groups -OCH3 is 2. The molecule has 1 aliphatic rings. The zero-order chi connectivity index (χ0) is 31.4. The monoisotopic (exact) mass is 633 g/mol. The van der Waals surface area contributed by atoms with Crippen molar-refractivity contribution in [1.29, 1.82) is 0 Å². The van der Waals surface area contributed by atoms with Crippen LogP contribution in [0.4, 0.5) is 17.3 Å². The van der Waals surface area contributed by atoms with E-state index in [1.165, 1.54) is 6.08 Å². The quantitative estimate of drug-likeness (QED) is 0.162. The van der Waals surface area contributed by atoms with E-state index in [1.807, 2.05) is 37.3 Å². The highest BCUT2D eigenvalue weighted by atomic mass is 35.5. The molecule has 2 aromatic carbocycles. The van der Waals surface area contributed by atoms with Crippen molar-refractivity contribution >= 4 is 57.1 Å². The van der Waals surface area contributed by atoms with Crippen molar-refractivity contribution in [1.82, 2.24) is 14.9 Å². The number of nitrogens with zero attached hydrogens (tertiary/aromatic N) is 3. The molecule has 0 aliphatic carbocycles. The number of carbonyl (C=O) groups is 1. The summed E-state index contributed by atoms with van der Waals surface area (Å²) in [5, 5.41) is 9.53. The number of pyridine rings is 2. The highest BCUT2D eigenvalue weighted by molar-refractivity contribution is 6.41. The maximum atomic E-state index is 12.2. The van der Waals surface area contributed by atoms with Crippen molar-refractivity contribution in [3.05, 3.63) is 76.4 Å². The summed E-state index contributed by atoms with van der Waals surface area (Å²) in [6.07, 6.45) is 5.62. The van der Waals surface area contributed by atoms with E-state index >= 15 is 0 Å². The summed E-state index contributed by atoms with van der Waals surface area (Å²) >= 11 is 13.6. The van der Waals surface area contributed by atoms with Crippen LogP contribution in [0.15, 0.2) is 55.3 Å². The van der Waals surface area contributed by atoms with Crippen molar-refractivity contribution in [3.8, 4) is 22.8 Å². The van der Waals surface area contributed by atoms with Crippen molar-refractivity contribution in [2.75, 3.05) is 51.5 Å². The minimum absolute atomic E-state index is 0.0475. The van der Waals surface area contributed by atoms with Gasteiger partial charge in [0.2, 0.25) is 0 Å². The highest BCUT2D eigenvalue weighted by Gasteiger charge is 2.22. The van der Waals surface area contributed by atoms with Gasteiger partial charge in [-0.15, -0.1) is 0 Å². The summed E-state index contributed by atoms with van der Waals surface area (Å²) in [5.74, 6) is 2.68. The molecule has 2 aromatic heterocycles. The molecule has 0 atom stereocenters. The number of nitrogens with one attached hydrogen (secondary N) is 2. The van der Waals surface area contributed by atoms with E-state index in [0.717, 1.165) is 60.1 Å². The Morgan fingerprint density at radius 1 is 1.11 bits per heavy atom. The lowest BCUT2D eigenvalue weighted by Crippen LogP contribution is -2.33. The van der Waals surface area contributed by atoms with Crippen molar-refractivity contribution < 1.29 is 14.3 Å². The van der Waals surface area contributed by atoms with Gasteiger partial charge in [-0.25, -0.2) is 9.97 Å². The Hall–Kier alpha value is -3.85. The molecule has 0 bridgehead atoms. The minimum Gasteiger partial charge on any atom is -0.495 e. The molecule has 0 unspecified atom stereocenters. The summed E-state index contributed by atoms with van der Waals surface area (Å²) in [4.78, 5) is 24.4. The number of carbonyl (C=O) groups excluding carboxylic acids is 1. The normalized spacial score (nSPS) is 14.0. The second-order valence-corrected chi connectivity index (χ2v) is 11.9. The van der Waals surface area contributed by atoms with Gasteiger partial charge in [-0.3, -0.25) is 4.79 Å². The van der Waals surface area contributed by atoms with Crippen LogP contribution in [0.5, 0.6) is 11.5 Å². The average Bonchev–Trinajstić information content (AvgIpc) is 3.02. The molecular weight excluding hydrogens is 597 g/mol. The Morgan fingerprint density at radius 2 is 1.82 bits per heavy atom. The molecule has 3 heterocycles. The summed E-state index contributed by atoms with van der Waals surface area (Å²) < 4.78 is 11.0. The molecule has 44 heavy (non-hydrogen) atoms. The van der Waals surface area contributed by atoms with Gasteiger partial charge < -0.3 is 25.0 Å². The second kappa shape index (κ2) is 13.8. The van der Waals surface area contributed by atoms with E-state index in [9.17, 15) is 4.79 Å². The Labute approximate surface area is 268 Å². The molecule has 4 aromatic rings. The number of para-hydroxylation sites is 1. The number of hydrogen-bond acceptors (Lipinski definition) is 8. The number of likely N-dealkylation sites (tertiary alicyclic amines) is 1. The summed E-state index contributed by atoms with van der Waals surface area (Å²) in [5.41, 5.74) is 3.82. The van der Waals surface area contributed by atoms with Crippen LogP contribution >= 0.6 is 23.2 Å². The Balaban J connectivity index is 1.59. The van der Waals surface area contributed by atoms with Gasteiger partial charge in [0.15, 0.2) is 5.78 Å². The van der Waals surface area contributed by atoms with Gasteiger partial charge in [-0.2, -0.15) is 0 Å². The number of fused-ring (bicyclic) bond motifs is 1. The molecular formula is C34H37Cl2N5O3. The first-order chi connectivity index (χ1) is 21.2. The maximum Gasteiger partial charge on any atom is 0.159 e. The molecule has 0 spiro atoms. The molecule has 0 amide bonds. The van der Waals surface area contributed by atoms with Crippen LogP contribution in [-0.4, -0.2) is 61.6 Å². The highest BCUT2D eigenvalue weighted by Crippen LogP contribution is 2.46. The molecule has 0 radical (unpaired) electrons. The van der Waals surface area contributed by atoms with E-state index in [-0.39, 0.29) is 12.2 Å². The number of benzene rings is 2. The molecule has 1 fully saturated rings. The molecule has 0 saturated carbocycles. The van der Waals surface area contributed by atoms with Gasteiger partial charge in [0, 0.05) is 47.3 Å². The number of aryl methyl sites for hydroxylation is 1. The fourth-order valence-corrected chi connectivity index (χ4v) is 6.23. The van der Waals surface area contributed by atoms with Crippen LogP contribution in [0.3, 0.4) is 0 Å². The standard InChI is InChI=1S/C34H37Cl2N5O3/c1-6-24(42)14-22-9-7-8-20(2)33(22)40-29-16-25-23(19-37-29)15-26(30-31(35)27(43-4)17-28(44-5)32(30)36)39-34(25)38-18-21-10-12-41(3)13-11-21/h6-9,15-17,19,21H,1,10-14,18H2,2-5H3,(H,37,40)(H,38,39). The molecule has 2 N–H and O–H groups in total. The average molecular weight is 635 g/mol. The van der Waals surface area contributed by atoms with E-state index in [2.05, 4.69) is 29.2 Å². The number of hydrogen-bond donors (Lipinski definition) is 2. The molecule has 5 rings (SSSR count). The first kappa shape index (κ1) is 31.6. The van der Waals surface area contributed by atoms with Crippen molar-refractivity contribution in [2.24, 2.45) is 5.92 Å². The number of ketones is 1. The molecule has 10 heteroatoms. The SMILES string of the molecule is C=CC(=O)Cc1cccc(C)c1Nc1cc2c(NCC3CCN(C)CC3)nc(-c3c(Cl)c(OC)cc(OC)c3Cl)cc2cn1. The first-order valence-corrected chi connectivity index (χ1v) is 15.3. The number of piperidine rings is 1. The Kier molecular flexibility index (Phi) is 9.93. The number of anilines is 3. The fraction of sp³-hybridized carbons (Fsp3) is 0.324. The largest absolute Gasteiger partial charge is 0.495 e. The molecule has 1 saturated heterocycles. The zero-order valence-corrected chi connectivity index (χ0v) is 27.0. The lowest BCUT2D eigenvalue weighted by molar-refractivity contribution is -0.114. The van der Waals surface area contributed by atoms with Gasteiger partial charge in [-0.05, 0) is 75.2 Å². The molecule has 1 aliphatic heterocycles. The predicted molar refractivity (Wildman–Crippen MR) is 180 cm³/mol.